The Morgan fingerprint density at radius 1 is 1.17 bits per heavy atom. The fourth-order valence-corrected chi connectivity index (χ4v) is 4.43. The van der Waals surface area contributed by atoms with Crippen LogP contribution in [0.5, 0.6) is 0 Å². The third-order valence-corrected chi connectivity index (χ3v) is 6.09. The first kappa shape index (κ1) is 25.3. The zero-order valence-corrected chi connectivity index (χ0v) is 21.4. The maximum atomic E-state index is 13.6. The number of amides is 1. The maximum Gasteiger partial charge on any atom is 0.410 e. The highest BCUT2D eigenvalue weighted by Gasteiger charge is 2.29. The molecule has 8 nitrogen and oxygen atoms in total. The lowest BCUT2D eigenvalue weighted by atomic mass is 9.90. The van der Waals surface area contributed by atoms with Gasteiger partial charge in [0.15, 0.2) is 11.3 Å². The van der Waals surface area contributed by atoms with Crippen LogP contribution in [0.2, 0.25) is 0 Å². The first-order valence-corrected chi connectivity index (χ1v) is 12.0. The van der Waals surface area contributed by atoms with Crippen molar-refractivity contribution in [1.82, 2.24) is 19.7 Å². The van der Waals surface area contributed by atoms with Crippen molar-refractivity contribution in [2.75, 3.05) is 13.1 Å². The van der Waals surface area contributed by atoms with E-state index in [1.165, 1.54) is 12.1 Å². The zero-order chi connectivity index (χ0) is 26.4. The average molecular weight is 495 g/mol. The van der Waals surface area contributed by atoms with Gasteiger partial charge in [-0.25, -0.2) is 23.6 Å². The molecule has 3 aromatic rings. The Kier molecular flexibility index (Phi) is 6.60. The molecule has 0 spiro atoms. The lowest BCUT2D eigenvalue weighted by Crippen LogP contribution is -2.39. The van der Waals surface area contributed by atoms with E-state index in [2.05, 4.69) is 4.98 Å². The minimum absolute atomic E-state index is 0.0206. The minimum Gasteiger partial charge on any atom is -0.477 e. The lowest BCUT2D eigenvalue weighted by Gasteiger charge is -2.30. The van der Waals surface area contributed by atoms with E-state index >= 15 is 0 Å². The molecule has 3 heterocycles. The molecule has 0 aliphatic carbocycles. The summed E-state index contributed by atoms with van der Waals surface area (Å²) in [4.78, 5) is 30.9. The molecule has 1 aromatic carbocycles. The van der Waals surface area contributed by atoms with Crippen molar-refractivity contribution in [1.29, 1.82) is 0 Å². The van der Waals surface area contributed by atoms with E-state index in [9.17, 15) is 19.1 Å². The van der Waals surface area contributed by atoms with Crippen molar-refractivity contribution in [3.63, 3.8) is 0 Å². The van der Waals surface area contributed by atoms with Crippen LogP contribution in [0.15, 0.2) is 30.3 Å². The van der Waals surface area contributed by atoms with E-state index in [1.807, 2.05) is 40.7 Å². The Labute approximate surface area is 209 Å². The molecule has 0 fully saturated rings. The van der Waals surface area contributed by atoms with Crippen LogP contribution in [0.1, 0.15) is 74.3 Å². The van der Waals surface area contributed by atoms with Crippen molar-refractivity contribution in [3.05, 3.63) is 58.7 Å². The number of ether oxygens (including phenoxy) is 1. The van der Waals surface area contributed by atoms with Gasteiger partial charge in [-0.05, 0) is 81.0 Å². The average Bonchev–Trinajstić information content (AvgIpc) is 3.17. The van der Waals surface area contributed by atoms with Gasteiger partial charge in [-0.2, -0.15) is 5.10 Å². The van der Waals surface area contributed by atoms with Gasteiger partial charge >= 0.3 is 12.1 Å². The summed E-state index contributed by atoms with van der Waals surface area (Å²) in [7, 11) is 0. The third-order valence-electron chi connectivity index (χ3n) is 6.09. The molecule has 0 radical (unpaired) electrons. The summed E-state index contributed by atoms with van der Waals surface area (Å²) in [6, 6.07) is 5.85. The quantitative estimate of drug-likeness (QED) is 0.499. The summed E-state index contributed by atoms with van der Waals surface area (Å²) in [5.41, 5.74) is 3.36. The number of fused-ring (bicyclic) bond motifs is 1. The molecule has 1 amide bonds. The van der Waals surface area contributed by atoms with Gasteiger partial charge in [0, 0.05) is 13.1 Å². The molecule has 4 rings (SSSR count). The Balaban J connectivity index is 1.90. The molecule has 0 bridgehead atoms. The summed E-state index contributed by atoms with van der Waals surface area (Å²) in [6.07, 6.45) is 2.09. The molecule has 36 heavy (non-hydrogen) atoms. The molecular weight excluding hydrogens is 463 g/mol. The van der Waals surface area contributed by atoms with Crippen molar-refractivity contribution < 1.29 is 23.8 Å². The number of carbonyl (C=O) groups is 2. The number of carboxylic acids is 1. The zero-order valence-electron chi connectivity index (χ0n) is 21.4. The van der Waals surface area contributed by atoms with Crippen LogP contribution in [0.4, 0.5) is 9.18 Å². The topological polar surface area (TPSA) is 97.5 Å². The van der Waals surface area contributed by atoms with Gasteiger partial charge in [0.05, 0.1) is 16.8 Å². The van der Waals surface area contributed by atoms with E-state index in [-0.39, 0.29) is 23.5 Å². The van der Waals surface area contributed by atoms with E-state index in [0.717, 1.165) is 22.2 Å². The first-order valence-electron chi connectivity index (χ1n) is 12.0. The first-order chi connectivity index (χ1) is 16.9. The van der Waals surface area contributed by atoms with Gasteiger partial charge < -0.3 is 14.7 Å². The molecule has 2 aromatic heterocycles. The maximum absolute atomic E-state index is 13.6. The summed E-state index contributed by atoms with van der Waals surface area (Å²) < 4.78 is 20.7. The lowest BCUT2D eigenvalue weighted by molar-refractivity contribution is 0.0270. The van der Waals surface area contributed by atoms with E-state index in [0.29, 0.717) is 36.4 Å². The largest absolute Gasteiger partial charge is 0.477 e. The van der Waals surface area contributed by atoms with E-state index < -0.39 is 11.6 Å². The van der Waals surface area contributed by atoms with Crippen molar-refractivity contribution >= 4 is 28.7 Å². The van der Waals surface area contributed by atoms with Crippen LogP contribution >= 0.6 is 0 Å². The predicted octanol–water partition coefficient (Wildman–Crippen LogP) is 5.71. The normalized spacial score (nSPS) is 14.3. The second-order valence-electron chi connectivity index (χ2n) is 10.3. The summed E-state index contributed by atoms with van der Waals surface area (Å²) >= 11 is 0. The van der Waals surface area contributed by atoms with E-state index in [1.54, 1.807) is 28.6 Å². The number of pyridine rings is 1. The van der Waals surface area contributed by atoms with Crippen LogP contribution in [0, 0.1) is 12.7 Å². The number of carbonyl (C=O) groups excluding carboxylic acids is 1. The fourth-order valence-electron chi connectivity index (χ4n) is 4.43. The molecule has 1 aliphatic rings. The van der Waals surface area contributed by atoms with Crippen molar-refractivity contribution in [2.45, 2.75) is 59.5 Å². The molecule has 0 unspecified atom stereocenters. The van der Waals surface area contributed by atoms with Crippen molar-refractivity contribution in [3.8, 4) is 5.69 Å². The highest BCUT2D eigenvalue weighted by molar-refractivity contribution is 6.00. The highest BCUT2D eigenvalue weighted by Crippen LogP contribution is 2.38. The number of benzene rings is 1. The highest BCUT2D eigenvalue weighted by atomic mass is 19.1. The molecule has 0 saturated heterocycles. The Morgan fingerprint density at radius 2 is 1.83 bits per heavy atom. The smallest absolute Gasteiger partial charge is 0.410 e. The monoisotopic (exact) mass is 494 g/mol. The van der Waals surface area contributed by atoms with Crippen LogP contribution in [0.3, 0.4) is 0 Å². The van der Waals surface area contributed by atoms with Crippen LogP contribution < -0.4 is 0 Å². The standard InChI is InChI=1S/C27H31FN4O4/c1-15(2)22-21-20(17-11-13-31(14-12-17)26(35)36-27(4,5)6)16(3)23(25(33)34)29-24(21)32(30-22)19-9-7-18(28)8-10-19/h7-11,15H,12-14H2,1-6H3,(H,33,34). The van der Waals surface area contributed by atoms with Gasteiger partial charge in [0.1, 0.15) is 11.4 Å². The van der Waals surface area contributed by atoms with Gasteiger partial charge in [-0.3, -0.25) is 0 Å². The van der Waals surface area contributed by atoms with Gasteiger partial charge in [-0.15, -0.1) is 0 Å². The molecule has 0 saturated carbocycles. The van der Waals surface area contributed by atoms with Crippen molar-refractivity contribution in [2.24, 2.45) is 0 Å². The summed E-state index contributed by atoms with van der Waals surface area (Å²) in [5, 5.41) is 15.5. The van der Waals surface area contributed by atoms with Gasteiger partial charge in [0.25, 0.3) is 0 Å². The predicted molar refractivity (Wildman–Crippen MR) is 135 cm³/mol. The number of hydrogen-bond acceptors (Lipinski definition) is 5. The molecule has 1 aliphatic heterocycles. The number of halogens is 1. The fraction of sp³-hybridized carbons (Fsp3) is 0.407. The summed E-state index contributed by atoms with van der Waals surface area (Å²) in [6.45, 7) is 12.0. The third kappa shape index (κ3) is 4.82. The van der Waals surface area contributed by atoms with Crippen LogP contribution in [0.25, 0.3) is 22.3 Å². The number of rotatable bonds is 4. The number of aromatic carboxylic acids is 1. The number of nitrogens with zero attached hydrogens (tertiary/aromatic N) is 4. The Morgan fingerprint density at radius 3 is 2.36 bits per heavy atom. The molecule has 0 atom stereocenters. The minimum atomic E-state index is -1.14. The number of hydrogen-bond donors (Lipinski definition) is 1. The Hall–Kier alpha value is -3.75. The second-order valence-corrected chi connectivity index (χ2v) is 10.3. The molecule has 9 heteroatoms. The molecular formula is C27H31FN4O4. The van der Waals surface area contributed by atoms with Gasteiger partial charge in [-0.1, -0.05) is 19.9 Å². The SMILES string of the molecule is Cc1c(C(=O)O)nc2c(c(C(C)C)nn2-c2ccc(F)cc2)c1C1=CCN(C(=O)OC(C)(C)C)CC1. The summed E-state index contributed by atoms with van der Waals surface area (Å²) in [5.74, 6) is -1.50. The second kappa shape index (κ2) is 9.37. The van der Waals surface area contributed by atoms with E-state index in [4.69, 9.17) is 9.84 Å². The molecule has 190 valence electrons. The van der Waals surface area contributed by atoms with Crippen LogP contribution in [-0.4, -0.2) is 55.5 Å². The Bertz CT molecular complexity index is 1370. The van der Waals surface area contributed by atoms with Crippen LogP contribution in [-0.2, 0) is 4.74 Å². The number of carboxylic acid groups (broad SMARTS) is 1. The van der Waals surface area contributed by atoms with Gasteiger partial charge in [0.2, 0.25) is 0 Å². The number of aromatic nitrogens is 3. The molecule has 1 N–H and O–H groups in total.